The van der Waals surface area contributed by atoms with Crippen molar-refractivity contribution in [3.63, 3.8) is 0 Å². The summed E-state index contributed by atoms with van der Waals surface area (Å²) in [5.41, 5.74) is 3.23. The predicted molar refractivity (Wildman–Crippen MR) is 72.9 cm³/mol. The summed E-state index contributed by atoms with van der Waals surface area (Å²) in [6, 6.07) is 8.21. The first-order chi connectivity index (χ1) is 9.42. The molecular formula is C16H12N2O. The smallest absolute Gasteiger partial charge is 0.128 e. The monoisotopic (exact) mass is 248 g/mol. The van der Waals surface area contributed by atoms with E-state index in [2.05, 4.69) is 46.4 Å². The van der Waals surface area contributed by atoms with Crippen molar-refractivity contribution in [2.45, 2.75) is 12.0 Å². The summed E-state index contributed by atoms with van der Waals surface area (Å²) in [6.07, 6.45) is 11.9. The molecule has 1 aliphatic heterocycles. The summed E-state index contributed by atoms with van der Waals surface area (Å²) < 4.78 is 5.99. The summed E-state index contributed by atoms with van der Waals surface area (Å²) in [6.45, 7) is 0. The second-order valence-electron chi connectivity index (χ2n) is 4.73. The molecule has 0 saturated heterocycles. The maximum absolute atomic E-state index is 5.99. The zero-order chi connectivity index (χ0) is 12.7. The molecule has 0 N–H and O–H groups in total. The highest BCUT2D eigenvalue weighted by Crippen LogP contribution is 2.42. The average Bonchev–Trinajstić information content (AvgIpc) is 2.86. The lowest BCUT2D eigenvalue weighted by atomic mass is 9.91. The van der Waals surface area contributed by atoms with E-state index in [0.29, 0.717) is 5.92 Å². The number of ether oxygens (including phenoxy) is 1. The molecule has 3 nitrogen and oxygen atoms in total. The molecule has 92 valence electrons. The van der Waals surface area contributed by atoms with E-state index in [0.717, 1.165) is 17.0 Å². The fraction of sp³-hybridized carbons (Fsp3) is 0.125. The van der Waals surface area contributed by atoms with Crippen LogP contribution in [0.2, 0.25) is 0 Å². The van der Waals surface area contributed by atoms with Crippen LogP contribution >= 0.6 is 0 Å². The summed E-state index contributed by atoms with van der Waals surface area (Å²) >= 11 is 0. The van der Waals surface area contributed by atoms with E-state index >= 15 is 0 Å². The van der Waals surface area contributed by atoms with Gasteiger partial charge in [-0.15, -0.1) is 0 Å². The Balaban J connectivity index is 1.77. The standard InChI is InChI=1S/C16H12N2O/c1-2-4-15-12(3-1)13-6-5-11(9-16(13)19-15)14-7-8-17-10-18-14/h1-10,12,15H. The average molecular weight is 248 g/mol. The van der Waals surface area contributed by atoms with Crippen LogP contribution in [0.5, 0.6) is 5.75 Å². The van der Waals surface area contributed by atoms with Crippen molar-refractivity contribution < 1.29 is 4.74 Å². The second kappa shape index (κ2) is 4.05. The number of rotatable bonds is 1. The van der Waals surface area contributed by atoms with Gasteiger partial charge >= 0.3 is 0 Å². The third-order valence-electron chi connectivity index (χ3n) is 3.60. The molecule has 0 radical (unpaired) electrons. The predicted octanol–water partition coefficient (Wildman–Crippen LogP) is 3.11. The van der Waals surface area contributed by atoms with E-state index in [9.17, 15) is 0 Å². The highest BCUT2D eigenvalue weighted by atomic mass is 16.5. The molecule has 2 atom stereocenters. The molecule has 0 spiro atoms. The number of nitrogens with zero attached hydrogens (tertiary/aromatic N) is 2. The van der Waals surface area contributed by atoms with E-state index < -0.39 is 0 Å². The third-order valence-corrected chi connectivity index (χ3v) is 3.60. The van der Waals surface area contributed by atoms with Crippen molar-refractivity contribution in [3.8, 4) is 17.0 Å². The van der Waals surface area contributed by atoms with Gasteiger partial charge in [0.1, 0.15) is 18.2 Å². The zero-order valence-corrected chi connectivity index (χ0v) is 10.2. The molecule has 0 bridgehead atoms. The van der Waals surface area contributed by atoms with Crippen LogP contribution in [0.1, 0.15) is 11.5 Å². The van der Waals surface area contributed by atoms with Gasteiger partial charge in [0.05, 0.1) is 5.69 Å². The van der Waals surface area contributed by atoms with Gasteiger partial charge in [0.25, 0.3) is 0 Å². The summed E-state index contributed by atoms with van der Waals surface area (Å²) in [4.78, 5) is 8.21. The van der Waals surface area contributed by atoms with E-state index in [1.165, 1.54) is 5.56 Å². The van der Waals surface area contributed by atoms with Crippen LogP contribution in [0, 0.1) is 0 Å². The first kappa shape index (κ1) is 10.5. The molecule has 0 amide bonds. The molecule has 2 unspecified atom stereocenters. The maximum atomic E-state index is 5.99. The Morgan fingerprint density at radius 3 is 2.89 bits per heavy atom. The van der Waals surface area contributed by atoms with Crippen molar-refractivity contribution in [2.24, 2.45) is 0 Å². The summed E-state index contributed by atoms with van der Waals surface area (Å²) in [5.74, 6) is 1.31. The van der Waals surface area contributed by atoms with Crippen LogP contribution in [-0.4, -0.2) is 16.1 Å². The van der Waals surface area contributed by atoms with Gasteiger partial charge in [0.15, 0.2) is 0 Å². The van der Waals surface area contributed by atoms with E-state index in [1.807, 2.05) is 12.1 Å². The number of aromatic nitrogens is 2. The van der Waals surface area contributed by atoms with Gasteiger partial charge in [-0.1, -0.05) is 30.4 Å². The molecule has 1 aromatic carbocycles. The van der Waals surface area contributed by atoms with Gasteiger partial charge < -0.3 is 4.74 Å². The van der Waals surface area contributed by atoms with E-state index in [1.54, 1.807) is 12.5 Å². The molecule has 0 fully saturated rings. The molecule has 1 aromatic heterocycles. The van der Waals surface area contributed by atoms with Gasteiger partial charge in [-0.3, -0.25) is 0 Å². The highest BCUT2D eigenvalue weighted by molar-refractivity contribution is 5.64. The van der Waals surface area contributed by atoms with Gasteiger partial charge in [-0.05, 0) is 18.2 Å². The number of fused-ring (bicyclic) bond motifs is 3. The van der Waals surface area contributed by atoms with E-state index in [-0.39, 0.29) is 6.10 Å². The van der Waals surface area contributed by atoms with Crippen molar-refractivity contribution >= 4 is 0 Å². The molecule has 2 aromatic rings. The van der Waals surface area contributed by atoms with Crippen LogP contribution in [0.4, 0.5) is 0 Å². The van der Waals surface area contributed by atoms with Crippen LogP contribution in [-0.2, 0) is 0 Å². The Labute approximate surface area is 111 Å². The van der Waals surface area contributed by atoms with Crippen LogP contribution in [0.3, 0.4) is 0 Å². The van der Waals surface area contributed by atoms with Crippen molar-refractivity contribution in [3.05, 3.63) is 66.7 Å². The van der Waals surface area contributed by atoms with Crippen LogP contribution < -0.4 is 4.74 Å². The van der Waals surface area contributed by atoms with Crippen LogP contribution in [0.25, 0.3) is 11.3 Å². The summed E-state index contributed by atoms with van der Waals surface area (Å²) in [5, 5.41) is 0. The zero-order valence-electron chi connectivity index (χ0n) is 10.2. The first-order valence-corrected chi connectivity index (χ1v) is 6.34. The Morgan fingerprint density at radius 1 is 1.05 bits per heavy atom. The van der Waals surface area contributed by atoms with E-state index in [4.69, 9.17) is 4.74 Å². The second-order valence-corrected chi connectivity index (χ2v) is 4.73. The van der Waals surface area contributed by atoms with Gasteiger partial charge in [-0.25, -0.2) is 9.97 Å². The number of hydrogen-bond acceptors (Lipinski definition) is 3. The molecule has 2 aliphatic rings. The maximum Gasteiger partial charge on any atom is 0.128 e. The van der Waals surface area contributed by atoms with Gasteiger partial charge in [0.2, 0.25) is 0 Å². The number of hydrogen-bond donors (Lipinski definition) is 0. The number of benzene rings is 1. The summed E-state index contributed by atoms with van der Waals surface area (Å²) in [7, 11) is 0. The SMILES string of the molecule is C1=CC2Oc3cc(-c4ccncn4)ccc3C2C=C1. The van der Waals surface area contributed by atoms with Gasteiger partial charge in [0, 0.05) is 23.2 Å². The Hall–Kier alpha value is -2.42. The van der Waals surface area contributed by atoms with Crippen molar-refractivity contribution in [1.82, 2.24) is 9.97 Å². The Kier molecular flexibility index (Phi) is 2.24. The van der Waals surface area contributed by atoms with Gasteiger partial charge in [-0.2, -0.15) is 0 Å². The minimum atomic E-state index is 0.139. The van der Waals surface area contributed by atoms with Crippen molar-refractivity contribution in [2.75, 3.05) is 0 Å². The molecular weight excluding hydrogens is 236 g/mol. The minimum Gasteiger partial charge on any atom is -0.485 e. The Morgan fingerprint density at radius 2 is 2.00 bits per heavy atom. The fourth-order valence-corrected chi connectivity index (χ4v) is 2.66. The van der Waals surface area contributed by atoms with Crippen LogP contribution in [0.15, 0.2) is 61.1 Å². The Bertz CT molecular complexity index is 676. The lowest BCUT2D eigenvalue weighted by molar-refractivity contribution is 0.269. The van der Waals surface area contributed by atoms with Crippen molar-refractivity contribution in [1.29, 1.82) is 0 Å². The largest absolute Gasteiger partial charge is 0.485 e. The highest BCUT2D eigenvalue weighted by Gasteiger charge is 2.31. The fourth-order valence-electron chi connectivity index (χ4n) is 2.66. The topological polar surface area (TPSA) is 35.0 Å². The number of allylic oxidation sites excluding steroid dienone is 2. The quantitative estimate of drug-likeness (QED) is 0.777. The molecule has 4 rings (SSSR count). The molecule has 0 saturated carbocycles. The molecule has 2 heterocycles. The lowest BCUT2D eigenvalue weighted by Crippen LogP contribution is -2.15. The molecule has 3 heteroatoms. The third kappa shape index (κ3) is 1.66. The minimum absolute atomic E-state index is 0.139. The molecule has 19 heavy (non-hydrogen) atoms. The normalized spacial score (nSPS) is 22.7. The lowest BCUT2D eigenvalue weighted by Gasteiger charge is -2.13. The first-order valence-electron chi connectivity index (χ1n) is 6.34. The molecule has 1 aliphatic carbocycles.